The van der Waals surface area contributed by atoms with Gasteiger partial charge in [-0.2, -0.15) is 0 Å². The Bertz CT molecular complexity index is 645. The number of ether oxygens (including phenoxy) is 1. The van der Waals surface area contributed by atoms with E-state index in [2.05, 4.69) is 10.3 Å². The van der Waals surface area contributed by atoms with Gasteiger partial charge in [0.05, 0.1) is 24.2 Å². The molecule has 7 heteroatoms. The first-order valence-electron chi connectivity index (χ1n) is 7.14. The molecule has 1 unspecified atom stereocenters. The Morgan fingerprint density at radius 3 is 2.95 bits per heavy atom. The summed E-state index contributed by atoms with van der Waals surface area (Å²) in [4.78, 5) is 17.3. The summed E-state index contributed by atoms with van der Waals surface area (Å²) in [6.45, 7) is 5.33. The third-order valence-corrected chi connectivity index (χ3v) is 4.33. The third-order valence-electron chi connectivity index (χ3n) is 4.00. The van der Waals surface area contributed by atoms with Gasteiger partial charge in [-0.3, -0.25) is 9.89 Å². The maximum absolute atomic E-state index is 11.6. The predicted octanol–water partition coefficient (Wildman–Crippen LogP) is 2.48. The van der Waals surface area contributed by atoms with Crippen molar-refractivity contribution < 1.29 is 14.6 Å². The first-order chi connectivity index (χ1) is 10.4. The van der Waals surface area contributed by atoms with Crippen LogP contribution in [0.2, 0.25) is 5.02 Å². The monoisotopic (exact) mass is 323 g/mol. The fourth-order valence-corrected chi connectivity index (χ4v) is 3.13. The Morgan fingerprint density at radius 2 is 2.32 bits per heavy atom. The van der Waals surface area contributed by atoms with Gasteiger partial charge in [-0.15, -0.1) is 0 Å². The van der Waals surface area contributed by atoms with Crippen LogP contribution in [-0.2, 0) is 4.74 Å². The Kier molecular flexibility index (Phi) is 3.74. The highest BCUT2D eigenvalue weighted by Gasteiger charge is 2.44. The topological polar surface area (TPSA) is 74.2 Å². The van der Waals surface area contributed by atoms with Gasteiger partial charge in [0.15, 0.2) is 0 Å². The Hall–Kier alpha value is -1.79. The van der Waals surface area contributed by atoms with E-state index < -0.39 is 11.8 Å². The average Bonchev–Trinajstić information content (AvgIpc) is 3.06. The minimum Gasteiger partial charge on any atom is -0.465 e. The van der Waals surface area contributed by atoms with E-state index >= 15 is 0 Å². The lowest BCUT2D eigenvalue weighted by Gasteiger charge is -2.31. The van der Waals surface area contributed by atoms with Gasteiger partial charge in [0, 0.05) is 12.1 Å². The zero-order chi connectivity index (χ0) is 15.9. The molecule has 0 spiro atoms. The van der Waals surface area contributed by atoms with Crippen LogP contribution < -0.4 is 5.32 Å². The van der Waals surface area contributed by atoms with Gasteiger partial charge in [0.25, 0.3) is 0 Å². The molecule has 0 aromatic heterocycles. The van der Waals surface area contributed by atoms with Gasteiger partial charge < -0.3 is 15.2 Å². The van der Waals surface area contributed by atoms with Crippen molar-refractivity contribution in [3.63, 3.8) is 0 Å². The number of amidine groups is 1. The zero-order valence-electron chi connectivity index (χ0n) is 12.5. The van der Waals surface area contributed by atoms with Crippen LogP contribution in [0.25, 0.3) is 0 Å². The summed E-state index contributed by atoms with van der Waals surface area (Å²) < 4.78 is 5.64. The number of nitrogens with zero attached hydrogens (tertiary/aromatic N) is 2. The highest BCUT2D eigenvalue weighted by Crippen LogP contribution is 2.37. The van der Waals surface area contributed by atoms with Gasteiger partial charge >= 0.3 is 6.09 Å². The first kappa shape index (κ1) is 15.1. The van der Waals surface area contributed by atoms with Crippen LogP contribution in [0.15, 0.2) is 23.2 Å². The number of halogens is 1. The summed E-state index contributed by atoms with van der Waals surface area (Å²) in [5, 5.41) is 13.3. The molecule has 1 amide bonds. The summed E-state index contributed by atoms with van der Waals surface area (Å²) >= 11 is 6.26. The van der Waals surface area contributed by atoms with E-state index in [1.807, 2.05) is 12.1 Å². The lowest BCUT2D eigenvalue weighted by atomic mass is 10.0. The number of hydrogen-bond donors (Lipinski definition) is 2. The van der Waals surface area contributed by atoms with E-state index in [-0.39, 0.29) is 6.04 Å². The first-order valence-corrected chi connectivity index (χ1v) is 7.52. The van der Waals surface area contributed by atoms with Gasteiger partial charge in [0.2, 0.25) is 0 Å². The van der Waals surface area contributed by atoms with Gasteiger partial charge in [-0.05, 0) is 31.5 Å². The highest BCUT2D eigenvalue weighted by atomic mass is 35.5. The lowest BCUT2D eigenvalue weighted by Crippen LogP contribution is -2.44. The molecular weight excluding hydrogens is 306 g/mol. The summed E-state index contributed by atoms with van der Waals surface area (Å²) in [5.74, 6) is 0.756. The maximum atomic E-state index is 11.6. The molecule has 1 aromatic carbocycles. The molecule has 3 rings (SSSR count). The van der Waals surface area contributed by atoms with E-state index in [1.54, 1.807) is 19.9 Å². The Balaban J connectivity index is 1.98. The second kappa shape index (κ2) is 5.44. The zero-order valence-corrected chi connectivity index (χ0v) is 13.2. The van der Waals surface area contributed by atoms with Gasteiger partial charge in [-0.1, -0.05) is 17.7 Å². The predicted molar refractivity (Wildman–Crippen MR) is 83.5 cm³/mol. The normalized spacial score (nSPS) is 23.3. The number of amides is 1. The molecule has 1 atom stereocenters. The van der Waals surface area contributed by atoms with Crippen molar-refractivity contribution in [1.29, 1.82) is 0 Å². The Labute approximate surface area is 133 Å². The molecule has 2 aliphatic heterocycles. The van der Waals surface area contributed by atoms with E-state index in [4.69, 9.17) is 16.3 Å². The molecule has 0 radical (unpaired) electrons. The Morgan fingerprint density at radius 1 is 1.55 bits per heavy atom. The van der Waals surface area contributed by atoms with Crippen molar-refractivity contribution >= 4 is 23.5 Å². The number of carboxylic acid groups (broad SMARTS) is 1. The van der Waals surface area contributed by atoms with Crippen LogP contribution in [0, 0.1) is 0 Å². The molecule has 6 nitrogen and oxygen atoms in total. The molecule has 1 saturated heterocycles. The molecule has 1 aromatic rings. The molecule has 2 heterocycles. The smallest absolute Gasteiger partial charge is 0.410 e. The maximum Gasteiger partial charge on any atom is 0.410 e. The second-order valence-electron chi connectivity index (χ2n) is 5.82. The van der Waals surface area contributed by atoms with Crippen LogP contribution in [0.3, 0.4) is 0 Å². The summed E-state index contributed by atoms with van der Waals surface area (Å²) in [6, 6.07) is 5.16. The third kappa shape index (κ3) is 2.53. The summed E-state index contributed by atoms with van der Waals surface area (Å²) in [7, 11) is 0. The molecule has 2 N–H and O–H groups in total. The largest absolute Gasteiger partial charge is 0.465 e. The summed E-state index contributed by atoms with van der Waals surface area (Å²) in [6.07, 6.45) is -1.000. The van der Waals surface area contributed by atoms with Crippen LogP contribution >= 0.6 is 11.6 Å². The number of rotatable bonds is 2. The van der Waals surface area contributed by atoms with Crippen molar-refractivity contribution in [3.8, 4) is 0 Å². The molecule has 1 fully saturated rings. The molecule has 118 valence electrons. The minimum atomic E-state index is -1.000. The average molecular weight is 324 g/mol. The standard InChI is InChI=1S/C15H18ClN3O3/c1-15(2)19(14(20)21)12(8-22-15)9-3-4-11(16)10(7-9)13-17-5-6-18-13/h3-4,7,12H,5-6,8H2,1-2H3,(H,17,18)(H,20,21). The molecule has 0 saturated carbocycles. The fraction of sp³-hybridized carbons (Fsp3) is 0.467. The molecular formula is C15H18ClN3O3. The number of aliphatic imine (C=N–C) groups is 1. The van der Waals surface area contributed by atoms with Crippen molar-refractivity contribution in [2.45, 2.75) is 25.6 Å². The van der Waals surface area contributed by atoms with Gasteiger partial charge in [0.1, 0.15) is 11.6 Å². The van der Waals surface area contributed by atoms with Crippen LogP contribution in [0.5, 0.6) is 0 Å². The molecule has 0 aliphatic carbocycles. The van der Waals surface area contributed by atoms with Crippen molar-refractivity contribution in [2.75, 3.05) is 19.7 Å². The highest BCUT2D eigenvalue weighted by molar-refractivity contribution is 6.34. The van der Waals surface area contributed by atoms with Crippen LogP contribution in [-0.4, -0.2) is 47.4 Å². The number of carbonyl (C=O) groups is 1. The summed E-state index contributed by atoms with van der Waals surface area (Å²) in [5.41, 5.74) is 0.801. The fourth-order valence-electron chi connectivity index (χ4n) is 2.92. The number of nitrogens with one attached hydrogen (secondary N) is 1. The quantitative estimate of drug-likeness (QED) is 0.877. The number of benzene rings is 1. The van der Waals surface area contributed by atoms with Crippen LogP contribution in [0.1, 0.15) is 31.0 Å². The number of hydrogen-bond acceptors (Lipinski definition) is 4. The van der Waals surface area contributed by atoms with Crippen molar-refractivity contribution in [1.82, 2.24) is 10.2 Å². The SMILES string of the molecule is CC1(C)OCC(c2ccc(Cl)c(C3=NCCN3)c2)N1C(=O)O. The lowest BCUT2D eigenvalue weighted by molar-refractivity contribution is -0.0420. The van der Waals surface area contributed by atoms with Crippen molar-refractivity contribution in [3.05, 3.63) is 34.3 Å². The minimum absolute atomic E-state index is 0.320. The van der Waals surface area contributed by atoms with Crippen LogP contribution in [0.4, 0.5) is 4.79 Å². The molecule has 22 heavy (non-hydrogen) atoms. The second-order valence-corrected chi connectivity index (χ2v) is 6.23. The van der Waals surface area contributed by atoms with E-state index in [1.165, 1.54) is 4.90 Å². The van der Waals surface area contributed by atoms with Crippen molar-refractivity contribution in [2.24, 2.45) is 4.99 Å². The van der Waals surface area contributed by atoms with Gasteiger partial charge in [-0.25, -0.2) is 4.79 Å². The van der Waals surface area contributed by atoms with E-state index in [0.29, 0.717) is 11.6 Å². The molecule has 2 aliphatic rings. The van der Waals surface area contributed by atoms with E-state index in [9.17, 15) is 9.90 Å². The molecule has 0 bridgehead atoms. The van der Waals surface area contributed by atoms with E-state index in [0.717, 1.165) is 30.1 Å².